The molecule has 18 heavy (non-hydrogen) atoms. The number of hydrogen-bond acceptors (Lipinski definition) is 5. The van der Waals surface area contributed by atoms with E-state index >= 15 is 0 Å². The summed E-state index contributed by atoms with van der Waals surface area (Å²) in [6.07, 6.45) is 1.44. The summed E-state index contributed by atoms with van der Waals surface area (Å²) in [6.45, 7) is 3.27. The summed E-state index contributed by atoms with van der Waals surface area (Å²) in [6, 6.07) is 1.87. The third-order valence-electron chi connectivity index (χ3n) is 2.98. The minimum Gasteiger partial charge on any atom is -0.352 e. The number of rotatable bonds is 2. The van der Waals surface area contributed by atoms with Crippen LogP contribution in [-0.4, -0.2) is 36.1 Å². The molecule has 0 atom stereocenters. The molecule has 0 amide bonds. The van der Waals surface area contributed by atoms with Gasteiger partial charge >= 0.3 is 0 Å². The van der Waals surface area contributed by atoms with Crippen molar-refractivity contribution in [3.05, 3.63) is 29.0 Å². The van der Waals surface area contributed by atoms with Gasteiger partial charge in [0, 0.05) is 37.1 Å². The van der Waals surface area contributed by atoms with Gasteiger partial charge in [0.15, 0.2) is 11.6 Å². The van der Waals surface area contributed by atoms with E-state index in [9.17, 15) is 4.39 Å². The first-order valence-corrected chi connectivity index (χ1v) is 6.79. The molecule has 3 rings (SSSR count). The Balaban J connectivity index is 1.98. The van der Waals surface area contributed by atoms with E-state index in [4.69, 9.17) is 0 Å². The Labute approximate surface area is 108 Å². The van der Waals surface area contributed by atoms with Gasteiger partial charge in [-0.1, -0.05) is 0 Å². The van der Waals surface area contributed by atoms with Crippen molar-refractivity contribution in [2.45, 2.75) is 0 Å². The van der Waals surface area contributed by atoms with E-state index in [-0.39, 0.29) is 5.82 Å². The zero-order chi connectivity index (χ0) is 12.4. The van der Waals surface area contributed by atoms with Crippen LogP contribution in [-0.2, 0) is 0 Å². The predicted octanol–water partition coefficient (Wildman–Crippen LogP) is 1.75. The fourth-order valence-corrected chi connectivity index (χ4v) is 2.70. The van der Waals surface area contributed by atoms with E-state index < -0.39 is 0 Å². The van der Waals surface area contributed by atoms with E-state index in [0.29, 0.717) is 11.5 Å². The van der Waals surface area contributed by atoms with Gasteiger partial charge in [-0.3, -0.25) is 0 Å². The van der Waals surface area contributed by atoms with Gasteiger partial charge in [-0.05, 0) is 11.4 Å². The van der Waals surface area contributed by atoms with Crippen LogP contribution in [0.3, 0.4) is 0 Å². The zero-order valence-electron chi connectivity index (χ0n) is 9.77. The average Bonchev–Trinajstić information content (AvgIpc) is 2.94. The molecule has 1 aliphatic rings. The van der Waals surface area contributed by atoms with Crippen molar-refractivity contribution in [2.24, 2.45) is 0 Å². The van der Waals surface area contributed by atoms with E-state index in [2.05, 4.69) is 15.3 Å². The smallest absolute Gasteiger partial charge is 0.191 e. The van der Waals surface area contributed by atoms with Gasteiger partial charge < -0.3 is 10.2 Å². The van der Waals surface area contributed by atoms with E-state index in [0.717, 1.165) is 31.7 Å². The van der Waals surface area contributed by atoms with Crippen LogP contribution in [0.5, 0.6) is 0 Å². The average molecular weight is 264 g/mol. The van der Waals surface area contributed by atoms with E-state index in [1.807, 2.05) is 21.7 Å². The van der Waals surface area contributed by atoms with Crippen LogP contribution >= 0.6 is 11.3 Å². The van der Waals surface area contributed by atoms with Crippen LogP contribution in [0.2, 0.25) is 0 Å². The van der Waals surface area contributed by atoms with Crippen LogP contribution in [0.1, 0.15) is 0 Å². The summed E-state index contributed by atoms with van der Waals surface area (Å²) < 4.78 is 14.4. The monoisotopic (exact) mass is 264 g/mol. The molecule has 4 nitrogen and oxygen atoms in total. The molecule has 3 heterocycles. The second kappa shape index (κ2) is 4.99. The molecule has 1 aliphatic heterocycles. The molecule has 0 aliphatic carbocycles. The van der Waals surface area contributed by atoms with Gasteiger partial charge in [0.25, 0.3) is 0 Å². The van der Waals surface area contributed by atoms with E-state index in [1.54, 1.807) is 0 Å². The van der Waals surface area contributed by atoms with Crippen LogP contribution in [0.25, 0.3) is 11.3 Å². The summed E-state index contributed by atoms with van der Waals surface area (Å²) in [4.78, 5) is 10.1. The van der Waals surface area contributed by atoms with Crippen molar-refractivity contribution in [1.82, 2.24) is 15.3 Å². The fourth-order valence-electron chi connectivity index (χ4n) is 2.06. The lowest BCUT2D eigenvalue weighted by Gasteiger charge is -2.28. The number of nitrogens with one attached hydrogen (secondary N) is 1. The number of aromatic nitrogens is 2. The van der Waals surface area contributed by atoms with Crippen LogP contribution in [0, 0.1) is 5.82 Å². The quantitative estimate of drug-likeness (QED) is 0.897. The molecule has 2 aromatic heterocycles. The maximum atomic E-state index is 14.4. The topological polar surface area (TPSA) is 41.1 Å². The third kappa shape index (κ3) is 2.09. The molecule has 2 aromatic rings. The first kappa shape index (κ1) is 11.6. The number of piperazine rings is 1. The Hall–Kier alpha value is -1.53. The number of nitrogens with zero attached hydrogens (tertiary/aromatic N) is 3. The summed E-state index contributed by atoms with van der Waals surface area (Å²) in [5.41, 5.74) is 1.20. The summed E-state index contributed by atoms with van der Waals surface area (Å²) in [5, 5.41) is 7.05. The molecule has 6 heteroatoms. The lowest BCUT2D eigenvalue weighted by Crippen LogP contribution is -2.44. The summed E-state index contributed by atoms with van der Waals surface area (Å²) in [7, 11) is 0. The van der Waals surface area contributed by atoms with Crippen molar-refractivity contribution in [1.29, 1.82) is 0 Å². The lowest BCUT2D eigenvalue weighted by atomic mass is 10.2. The van der Waals surface area contributed by atoms with Gasteiger partial charge in [-0.25, -0.2) is 14.4 Å². The highest BCUT2D eigenvalue weighted by Crippen LogP contribution is 2.27. The van der Waals surface area contributed by atoms with Crippen molar-refractivity contribution in [3.8, 4) is 11.3 Å². The minimum absolute atomic E-state index is 0.321. The molecular formula is C12H13FN4S. The largest absolute Gasteiger partial charge is 0.352 e. The van der Waals surface area contributed by atoms with Crippen molar-refractivity contribution >= 4 is 17.2 Å². The Morgan fingerprint density at radius 3 is 2.83 bits per heavy atom. The molecule has 0 radical (unpaired) electrons. The molecule has 0 unspecified atom stereocenters. The molecule has 0 saturated carbocycles. The van der Waals surface area contributed by atoms with E-state index in [1.165, 1.54) is 17.7 Å². The Bertz CT molecular complexity index is 523. The van der Waals surface area contributed by atoms with Gasteiger partial charge in [0.05, 0.1) is 0 Å². The fraction of sp³-hybridized carbons (Fsp3) is 0.333. The Morgan fingerprint density at radius 1 is 1.28 bits per heavy atom. The molecule has 0 aromatic carbocycles. The first-order chi connectivity index (χ1) is 8.86. The molecule has 0 spiro atoms. The second-order valence-corrected chi connectivity index (χ2v) is 4.89. The second-order valence-electron chi connectivity index (χ2n) is 4.11. The first-order valence-electron chi connectivity index (χ1n) is 5.85. The summed E-state index contributed by atoms with van der Waals surface area (Å²) >= 11 is 1.53. The summed E-state index contributed by atoms with van der Waals surface area (Å²) in [5.74, 6) is 0.0884. The highest BCUT2D eigenvalue weighted by Gasteiger charge is 2.19. The SMILES string of the molecule is Fc1c(-c2ccsc2)ncnc1N1CCNCC1. The standard InChI is InChI=1S/C12H13FN4S/c13-10-11(9-1-6-18-7-9)15-8-16-12(10)17-4-2-14-3-5-17/h1,6-8,14H,2-5H2. The number of anilines is 1. The number of halogens is 1. The van der Waals surface area contributed by atoms with Crippen molar-refractivity contribution < 1.29 is 4.39 Å². The number of thiophene rings is 1. The van der Waals surface area contributed by atoms with Gasteiger partial charge in [0.2, 0.25) is 0 Å². The predicted molar refractivity (Wildman–Crippen MR) is 70.4 cm³/mol. The normalized spacial score (nSPS) is 15.9. The highest BCUT2D eigenvalue weighted by molar-refractivity contribution is 7.08. The Kier molecular flexibility index (Phi) is 3.21. The van der Waals surface area contributed by atoms with Crippen LogP contribution in [0.15, 0.2) is 23.2 Å². The minimum atomic E-state index is -0.321. The maximum Gasteiger partial charge on any atom is 0.191 e. The van der Waals surface area contributed by atoms with Crippen LogP contribution in [0.4, 0.5) is 10.2 Å². The zero-order valence-corrected chi connectivity index (χ0v) is 10.6. The van der Waals surface area contributed by atoms with Crippen LogP contribution < -0.4 is 10.2 Å². The molecule has 1 saturated heterocycles. The maximum absolute atomic E-state index is 14.4. The van der Waals surface area contributed by atoms with Crippen molar-refractivity contribution in [2.75, 3.05) is 31.1 Å². The molecule has 1 N–H and O–H groups in total. The lowest BCUT2D eigenvalue weighted by molar-refractivity contribution is 0.557. The molecule has 1 fully saturated rings. The van der Waals surface area contributed by atoms with Crippen molar-refractivity contribution in [3.63, 3.8) is 0 Å². The van der Waals surface area contributed by atoms with Gasteiger partial charge in [-0.2, -0.15) is 11.3 Å². The highest BCUT2D eigenvalue weighted by atomic mass is 32.1. The number of hydrogen-bond donors (Lipinski definition) is 1. The Morgan fingerprint density at radius 2 is 2.11 bits per heavy atom. The van der Waals surface area contributed by atoms with Gasteiger partial charge in [-0.15, -0.1) is 0 Å². The molecular weight excluding hydrogens is 251 g/mol. The molecule has 0 bridgehead atoms. The van der Waals surface area contributed by atoms with Gasteiger partial charge in [0.1, 0.15) is 12.0 Å². The third-order valence-corrected chi connectivity index (χ3v) is 3.67. The molecule has 94 valence electrons.